The van der Waals surface area contributed by atoms with Gasteiger partial charge in [0.2, 0.25) is 20.0 Å². The third-order valence-electron chi connectivity index (χ3n) is 9.05. The highest BCUT2D eigenvalue weighted by Gasteiger charge is 2.30. The molecule has 2 heterocycles. The number of aromatic nitrogens is 2. The lowest BCUT2D eigenvalue weighted by Gasteiger charge is -2.27. The maximum Gasteiger partial charge on any atom is 0.243 e. The van der Waals surface area contributed by atoms with Crippen molar-refractivity contribution in [2.24, 2.45) is 16.5 Å². The molecule has 55 heavy (non-hydrogen) atoms. The van der Waals surface area contributed by atoms with Gasteiger partial charge in [-0.1, -0.05) is 121 Å². The normalized spacial score (nSPS) is 13.0. The number of fused-ring (bicyclic) bond motifs is 2. The molecule has 0 aliphatic carbocycles. The molecular weight excluding hydrogens is 801 g/mol. The first-order valence-corrected chi connectivity index (χ1v) is 21.2. The van der Waals surface area contributed by atoms with Crippen LogP contribution in [0.1, 0.15) is 50.9 Å². The highest BCUT2D eigenvalue weighted by molar-refractivity contribution is 7.89. The van der Waals surface area contributed by atoms with Crippen molar-refractivity contribution in [1.82, 2.24) is 18.6 Å². The molecule has 288 valence electrons. The van der Waals surface area contributed by atoms with Crippen molar-refractivity contribution in [2.75, 3.05) is 13.1 Å². The minimum absolute atomic E-state index is 0.116. The number of sulfonamides is 2. The lowest BCUT2D eigenvalue weighted by atomic mass is 10.1. The number of nitrogens with two attached hydrogens (primary N) is 2. The van der Waals surface area contributed by atoms with E-state index in [-0.39, 0.29) is 38.8 Å². The summed E-state index contributed by atoms with van der Waals surface area (Å²) in [6.07, 6.45) is 2.88. The van der Waals surface area contributed by atoms with E-state index in [0.29, 0.717) is 44.7 Å². The lowest BCUT2D eigenvalue weighted by molar-refractivity contribution is 0.356. The molecule has 0 amide bonds. The van der Waals surface area contributed by atoms with Gasteiger partial charge in [0.25, 0.3) is 0 Å². The van der Waals surface area contributed by atoms with Gasteiger partial charge in [-0.3, -0.25) is 0 Å². The minimum Gasteiger partial charge on any atom is -0.370 e. The molecular formula is C39H40Cl3N7O4S2. The Morgan fingerprint density at radius 1 is 0.636 bits per heavy atom. The Bertz CT molecular complexity index is 2560. The molecule has 0 fully saturated rings. The third-order valence-corrected chi connectivity index (χ3v) is 14.0. The van der Waals surface area contributed by atoms with Gasteiger partial charge in [-0.25, -0.2) is 26.8 Å². The molecule has 0 bridgehead atoms. The summed E-state index contributed by atoms with van der Waals surface area (Å²) < 4.78 is 56.3. The standard InChI is InChI=1S/C20H22ClN5O2S.C19H18Cl2N2O2S/c1-3-26(13(2)14-7-5-4-6-8-14)29(27,28)15-9-10-16-17(11-15)19(25-20(22)23)24-12-18(16)21;1-3-23(13(2)14-7-5-4-6-8-14)26(24,25)15-9-10-16-17(11-15)19(21)22-12-18(16)20/h4-13H,3H2,1-2H3,(H4,22,23,24,25);4-13H,3H2,1-2H3/t2*13-/m11/s1. The number of benzene rings is 4. The zero-order valence-electron chi connectivity index (χ0n) is 30.4. The highest BCUT2D eigenvalue weighted by atomic mass is 35.5. The first-order chi connectivity index (χ1) is 26.1. The number of rotatable bonds is 11. The minimum atomic E-state index is -3.80. The number of hydrogen-bond donors (Lipinski definition) is 2. The van der Waals surface area contributed by atoms with E-state index in [1.54, 1.807) is 25.1 Å². The van der Waals surface area contributed by atoms with Gasteiger partial charge in [0.05, 0.1) is 19.8 Å². The van der Waals surface area contributed by atoms with Crippen molar-refractivity contribution in [1.29, 1.82) is 0 Å². The van der Waals surface area contributed by atoms with E-state index in [4.69, 9.17) is 46.3 Å². The molecule has 0 unspecified atom stereocenters. The Morgan fingerprint density at radius 3 is 1.49 bits per heavy atom. The van der Waals surface area contributed by atoms with Crippen molar-refractivity contribution in [3.8, 4) is 0 Å². The van der Waals surface area contributed by atoms with Crippen LogP contribution in [0, 0.1) is 0 Å². The average molecular weight is 841 g/mol. The fourth-order valence-corrected chi connectivity index (χ4v) is 10.2. The van der Waals surface area contributed by atoms with Crippen LogP contribution in [0.25, 0.3) is 21.5 Å². The van der Waals surface area contributed by atoms with Gasteiger partial charge in [0, 0.05) is 59.1 Å². The molecule has 6 aromatic rings. The largest absolute Gasteiger partial charge is 0.370 e. The van der Waals surface area contributed by atoms with Crippen LogP contribution >= 0.6 is 34.8 Å². The summed E-state index contributed by atoms with van der Waals surface area (Å²) in [6, 6.07) is 27.8. The Morgan fingerprint density at radius 2 is 1.05 bits per heavy atom. The average Bonchev–Trinajstić information content (AvgIpc) is 3.18. The van der Waals surface area contributed by atoms with Gasteiger partial charge < -0.3 is 11.5 Å². The lowest BCUT2D eigenvalue weighted by Crippen LogP contribution is -2.33. The number of halogens is 3. The zero-order chi connectivity index (χ0) is 40.1. The molecule has 0 radical (unpaired) electrons. The topological polar surface area (TPSA) is 165 Å². The van der Waals surface area contributed by atoms with Crippen molar-refractivity contribution in [3.05, 3.63) is 136 Å². The second-order valence-corrected chi connectivity index (χ2v) is 17.3. The fraction of sp³-hybridized carbons (Fsp3) is 0.205. The Kier molecular flexibility index (Phi) is 13.4. The van der Waals surface area contributed by atoms with Crippen molar-refractivity contribution in [3.63, 3.8) is 0 Å². The van der Waals surface area contributed by atoms with Gasteiger partial charge in [-0.05, 0) is 49.2 Å². The summed E-state index contributed by atoms with van der Waals surface area (Å²) in [5.41, 5.74) is 12.8. The Balaban J connectivity index is 0.000000212. The van der Waals surface area contributed by atoms with E-state index >= 15 is 0 Å². The van der Waals surface area contributed by atoms with E-state index in [1.165, 1.54) is 39.2 Å². The third kappa shape index (κ3) is 9.05. The quantitative estimate of drug-likeness (QED) is 0.0742. The summed E-state index contributed by atoms with van der Waals surface area (Å²) in [6.45, 7) is 8.03. The first kappa shape index (κ1) is 41.8. The molecule has 6 rings (SSSR count). The molecule has 4 aromatic carbocycles. The number of nitrogens with zero attached hydrogens (tertiary/aromatic N) is 5. The summed E-state index contributed by atoms with van der Waals surface area (Å²) in [5.74, 6) is 0.0304. The molecule has 0 saturated carbocycles. The molecule has 4 N–H and O–H groups in total. The number of pyridine rings is 2. The summed E-state index contributed by atoms with van der Waals surface area (Å²) in [7, 11) is -7.51. The Hall–Kier alpha value is -4.34. The van der Waals surface area contributed by atoms with E-state index in [1.807, 2.05) is 81.4 Å². The van der Waals surface area contributed by atoms with E-state index in [9.17, 15) is 16.8 Å². The van der Waals surface area contributed by atoms with Gasteiger partial charge in [-0.2, -0.15) is 13.6 Å². The molecule has 2 aromatic heterocycles. The van der Waals surface area contributed by atoms with E-state index in [0.717, 1.165) is 11.1 Å². The van der Waals surface area contributed by atoms with Gasteiger partial charge >= 0.3 is 0 Å². The molecule has 16 heteroatoms. The Labute approximate surface area is 336 Å². The van der Waals surface area contributed by atoms with Gasteiger partial charge in [-0.15, -0.1) is 0 Å². The van der Waals surface area contributed by atoms with Crippen LogP contribution in [0.3, 0.4) is 0 Å². The summed E-state index contributed by atoms with van der Waals surface area (Å²) in [5, 5.41) is 3.28. The van der Waals surface area contributed by atoms with Crippen LogP contribution in [-0.4, -0.2) is 54.5 Å². The van der Waals surface area contributed by atoms with Gasteiger partial charge in [0.15, 0.2) is 11.8 Å². The molecule has 0 saturated heterocycles. The van der Waals surface area contributed by atoms with Crippen molar-refractivity contribution >= 4 is 88.2 Å². The monoisotopic (exact) mass is 839 g/mol. The molecule has 0 aliphatic heterocycles. The first-order valence-electron chi connectivity index (χ1n) is 17.2. The number of guanidine groups is 1. The second kappa shape index (κ2) is 17.6. The predicted molar refractivity (Wildman–Crippen MR) is 223 cm³/mol. The molecule has 2 atom stereocenters. The zero-order valence-corrected chi connectivity index (χ0v) is 34.3. The summed E-state index contributed by atoms with van der Waals surface area (Å²) >= 11 is 18.5. The van der Waals surface area contributed by atoms with Crippen LogP contribution in [-0.2, 0) is 20.0 Å². The molecule has 11 nitrogen and oxygen atoms in total. The number of hydrogen-bond acceptors (Lipinski definition) is 7. The van der Waals surface area contributed by atoms with Crippen LogP contribution in [0.4, 0.5) is 5.82 Å². The fourth-order valence-electron chi connectivity index (χ4n) is 6.23. The second-order valence-electron chi connectivity index (χ2n) is 12.4. The van der Waals surface area contributed by atoms with Crippen LogP contribution < -0.4 is 11.5 Å². The smallest absolute Gasteiger partial charge is 0.243 e. The number of aliphatic imine (C=N–C) groups is 1. The van der Waals surface area contributed by atoms with E-state index in [2.05, 4.69) is 15.0 Å². The maximum atomic E-state index is 13.4. The predicted octanol–water partition coefficient (Wildman–Crippen LogP) is 8.88. The van der Waals surface area contributed by atoms with Gasteiger partial charge in [0.1, 0.15) is 5.15 Å². The SMILES string of the molecule is CCN([C@H](C)c1ccccc1)S(=O)(=O)c1ccc2c(Cl)cnc(Cl)c2c1.CCN([C@H](C)c1ccccc1)S(=O)(=O)c1ccc2c(Cl)cnc(N=C(N)N)c2c1. The highest BCUT2D eigenvalue weighted by Crippen LogP contribution is 2.35. The van der Waals surface area contributed by atoms with Crippen molar-refractivity contribution < 1.29 is 16.8 Å². The van der Waals surface area contributed by atoms with Crippen LogP contribution in [0.5, 0.6) is 0 Å². The summed E-state index contributed by atoms with van der Waals surface area (Å²) in [4.78, 5) is 12.4. The van der Waals surface area contributed by atoms with Crippen molar-refractivity contribution in [2.45, 2.75) is 49.6 Å². The van der Waals surface area contributed by atoms with E-state index < -0.39 is 20.0 Å². The van der Waals surface area contributed by atoms with Crippen LogP contribution in [0.2, 0.25) is 15.2 Å². The maximum absolute atomic E-state index is 13.4. The van der Waals surface area contributed by atoms with Crippen LogP contribution in [0.15, 0.2) is 124 Å². The molecule has 0 aliphatic rings. The molecule has 0 spiro atoms.